The van der Waals surface area contributed by atoms with E-state index in [0.717, 1.165) is 22.6 Å². The third-order valence-electron chi connectivity index (χ3n) is 3.11. The zero-order valence-corrected chi connectivity index (χ0v) is 12.1. The molecule has 4 heteroatoms. The van der Waals surface area contributed by atoms with Crippen LogP contribution in [0.1, 0.15) is 17.0 Å². The van der Waals surface area contributed by atoms with Gasteiger partial charge in [0, 0.05) is 17.3 Å². The second-order valence-corrected chi connectivity index (χ2v) is 4.59. The lowest BCUT2D eigenvalue weighted by Gasteiger charge is -2.03. The van der Waals surface area contributed by atoms with Crippen LogP contribution in [0.4, 0.5) is 0 Å². The topological polar surface area (TPSA) is 46.9 Å². The molecule has 0 aliphatic heterocycles. The van der Waals surface area contributed by atoms with Crippen LogP contribution in [-0.2, 0) is 4.79 Å². The average molecular weight is 279 g/mol. The summed E-state index contributed by atoms with van der Waals surface area (Å²) in [6.45, 7) is 4.13. The van der Waals surface area contributed by atoms with E-state index in [2.05, 4.69) is 16.3 Å². The summed E-state index contributed by atoms with van der Waals surface area (Å²) in [4.78, 5) is 11.6. The minimum absolute atomic E-state index is 0.209. The summed E-state index contributed by atoms with van der Waals surface area (Å²) in [6, 6.07) is 9.88. The van der Waals surface area contributed by atoms with Gasteiger partial charge in [0.1, 0.15) is 0 Å². The molecule has 0 radical (unpaired) electrons. The number of carbonyl (C=O) groups is 1. The standard InChI is InChI=1S/C17H17N3O/c1-4-12-18-17(21)11-10-16-13(2)19-20(14(16)3)15-8-6-5-7-9-15/h1,5-11H,12H2,2-3H3,(H,18,21). The molecule has 0 aliphatic rings. The van der Waals surface area contributed by atoms with E-state index in [1.54, 1.807) is 6.08 Å². The zero-order valence-electron chi connectivity index (χ0n) is 12.1. The zero-order chi connectivity index (χ0) is 15.2. The summed E-state index contributed by atoms with van der Waals surface area (Å²) in [7, 11) is 0. The summed E-state index contributed by atoms with van der Waals surface area (Å²) in [5, 5.41) is 7.11. The molecule has 0 spiro atoms. The van der Waals surface area contributed by atoms with Gasteiger partial charge in [-0.1, -0.05) is 24.1 Å². The molecule has 0 saturated heterocycles. The Labute approximate surface area is 124 Å². The van der Waals surface area contributed by atoms with Crippen LogP contribution in [0, 0.1) is 26.2 Å². The molecular weight excluding hydrogens is 262 g/mol. The fourth-order valence-corrected chi connectivity index (χ4v) is 2.07. The number of amides is 1. The highest BCUT2D eigenvalue weighted by atomic mass is 16.1. The van der Waals surface area contributed by atoms with Crippen molar-refractivity contribution in [3.05, 3.63) is 53.4 Å². The van der Waals surface area contributed by atoms with Crippen LogP contribution in [0.3, 0.4) is 0 Å². The van der Waals surface area contributed by atoms with Gasteiger partial charge in [0.2, 0.25) is 5.91 Å². The van der Waals surface area contributed by atoms with Gasteiger partial charge in [0.05, 0.1) is 17.9 Å². The van der Waals surface area contributed by atoms with Gasteiger partial charge in [-0.15, -0.1) is 6.42 Å². The van der Waals surface area contributed by atoms with E-state index in [1.807, 2.05) is 48.9 Å². The van der Waals surface area contributed by atoms with Gasteiger partial charge >= 0.3 is 0 Å². The van der Waals surface area contributed by atoms with Crippen molar-refractivity contribution < 1.29 is 4.79 Å². The van der Waals surface area contributed by atoms with Crippen molar-refractivity contribution in [2.24, 2.45) is 0 Å². The quantitative estimate of drug-likeness (QED) is 0.689. The first-order chi connectivity index (χ1) is 10.1. The van der Waals surface area contributed by atoms with Crippen LogP contribution in [-0.4, -0.2) is 22.2 Å². The van der Waals surface area contributed by atoms with E-state index in [0.29, 0.717) is 0 Å². The first kappa shape index (κ1) is 14.6. The lowest BCUT2D eigenvalue weighted by atomic mass is 10.2. The van der Waals surface area contributed by atoms with Crippen molar-refractivity contribution in [1.82, 2.24) is 15.1 Å². The largest absolute Gasteiger partial charge is 0.342 e. The molecule has 1 aromatic heterocycles. The van der Waals surface area contributed by atoms with E-state index >= 15 is 0 Å². The highest BCUT2D eigenvalue weighted by Crippen LogP contribution is 2.18. The van der Waals surface area contributed by atoms with Gasteiger partial charge in [-0.25, -0.2) is 4.68 Å². The van der Waals surface area contributed by atoms with Gasteiger partial charge in [-0.2, -0.15) is 5.10 Å². The number of nitrogens with one attached hydrogen (secondary N) is 1. The lowest BCUT2D eigenvalue weighted by molar-refractivity contribution is -0.116. The summed E-state index contributed by atoms with van der Waals surface area (Å²) >= 11 is 0. The number of aromatic nitrogens is 2. The number of hydrogen-bond donors (Lipinski definition) is 1. The monoisotopic (exact) mass is 279 g/mol. The van der Waals surface area contributed by atoms with Gasteiger partial charge in [0.15, 0.2) is 0 Å². The number of para-hydroxylation sites is 1. The Morgan fingerprint density at radius 2 is 2.10 bits per heavy atom. The Bertz CT molecular complexity index is 706. The van der Waals surface area contributed by atoms with Crippen LogP contribution in [0.15, 0.2) is 36.4 Å². The Kier molecular flexibility index (Phi) is 4.57. The Hall–Kier alpha value is -2.80. The molecular formula is C17H17N3O. The van der Waals surface area contributed by atoms with Crippen molar-refractivity contribution in [3.8, 4) is 18.0 Å². The molecule has 0 saturated carbocycles. The predicted octanol–water partition coefficient (Wildman–Crippen LogP) is 2.25. The maximum absolute atomic E-state index is 11.6. The van der Waals surface area contributed by atoms with E-state index < -0.39 is 0 Å². The van der Waals surface area contributed by atoms with Crippen molar-refractivity contribution in [2.75, 3.05) is 6.54 Å². The number of terminal acetylenes is 1. The molecule has 1 amide bonds. The Balaban J connectivity index is 2.27. The molecule has 0 unspecified atom stereocenters. The summed E-state index contributed by atoms with van der Waals surface area (Å²) in [5.74, 6) is 2.15. The maximum Gasteiger partial charge on any atom is 0.244 e. The lowest BCUT2D eigenvalue weighted by Crippen LogP contribution is -2.20. The Morgan fingerprint density at radius 3 is 2.76 bits per heavy atom. The van der Waals surface area contributed by atoms with Crippen LogP contribution >= 0.6 is 0 Å². The molecule has 2 aromatic rings. The minimum Gasteiger partial charge on any atom is -0.342 e. The predicted molar refractivity (Wildman–Crippen MR) is 83.9 cm³/mol. The molecule has 0 atom stereocenters. The minimum atomic E-state index is -0.209. The third kappa shape index (κ3) is 3.40. The molecule has 0 bridgehead atoms. The normalized spacial score (nSPS) is 10.5. The molecule has 1 aromatic carbocycles. The molecule has 1 heterocycles. The van der Waals surface area contributed by atoms with E-state index in [1.165, 1.54) is 6.08 Å². The van der Waals surface area contributed by atoms with Gasteiger partial charge in [0.25, 0.3) is 0 Å². The Morgan fingerprint density at radius 1 is 1.38 bits per heavy atom. The van der Waals surface area contributed by atoms with E-state index in [-0.39, 0.29) is 12.5 Å². The fraction of sp³-hybridized carbons (Fsp3) is 0.176. The second kappa shape index (κ2) is 6.58. The first-order valence-corrected chi connectivity index (χ1v) is 6.64. The summed E-state index contributed by atoms with van der Waals surface area (Å²) in [6.07, 6.45) is 8.34. The molecule has 1 N–H and O–H groups in total. The SMILES string of the molecule is C#CCNC(=O)C=Cc1c(C)nn(-c2ccccc2)c1C. The number of rotatable bonds is 4. The van der Waals surface area contributed by atoms with E-state index in [4.69, 9.17) is 6.42 Å². The number of aryl methyl sites for hydroxylation is 1. The van der Waals surface area contributed by atoms with Crippen molar-refractivity contribution in [3.63, 3.8) is 0 Å². The molecule has 0 fully saturated rings. The third-order valence-corrected chi connectivity index (χ3v) is 3.11. The van der Waals surface area contributed by atoms with Crippen molar-refractivity contribution in [1.29, 1.82) is 0 Å². The van der Waals surface area contributed by atoms with Gasteiger partial charge < -0.3 is 5.32 Å². The fourth-order valence-electron chi connectivity index (χ4n) is 2.07. The van der Waals surface area contributed by atoms with Crippen LogP contribution in [0.5, 0.6) is 0 Å². The average Bonchev–Trinajstić information content (AvgIpc) is 2.79. The molecule has 21 heavy (non-hydrogen) atoms. The molecule has 106 valence electrons. The van der Waals surface area contributed by atoms with Gasteiger partial charge in [-0.05, 0) is 32.1 Å². The first-order valence-electron chi connectivity index (χ1n) is 6.64. The smallest absolute Gasteiger partial charge is 0.244 e. The van der Waals surface area contributed by atoms with Crippen molar-refractivity contribution >= 4 is 12.0 Å². The number of hydrogen-bond acceptors (Lipinski definition) is 2. The number of benzene rings is 1. The summed E-state index contributed by atoms with van der Waals surface area (Å²) < 4.78 is 1.87. The van der Waals surface area contributed by atoms with E-state index in [9.17, 15) is 4.79 Å². The van der Waals surface area contributed by atoms with Gasteiger partial charge in [-0.3, -0.25) is 4.79 Å². The highest BCUT2D eigenvalue weighted by molar-refractivity contribution is 5.92. The summed E-state index contributed by atoms with van der Waals surface area (Å²) in [5.41, 5.74) is 3.79. The molecule has 2 rings (SSSR count). The number of carbonyl (C=O) groups excluding carboxylic acids is 1. The van der Waals surface area contributed by atoms with Crippen LogP contribution in [0.2, 0.25) is 0 Å². The van der Waals surface area contributed by atoms with Crippen LogP contribution < -0.4 is 5.32 Å². The molecule has 4 nitrogen and oxygen atoms in total. The van der Waals surface area contributed by atoms with Crippen molar-refractivity contribution in [2.45, 2.75) is 13.8 Å². The molecule has 0 aliphatic carbocycles. The second-order valence-electron chi connectivity index (χ2n) is 4.59. The highest BCUT2D eigenvalue weighted by Gasteiger charge is 2.10. The maximum atomic E-state index is 11.6. The number of nitrogens with zero attached hydrogens (tertiary/aromatic N) is 2. The van der Waals surface area contributed by atoms with Crippen LogP contribution in [0.25, 0.3) is 11.8 Å².